The fourth-order valence-corrected chi connectivity index (χ4v) is 2.51. The van der Waals surface area contributed by atoms with Gasteiger partial charge in [-0.25, -0.2) is 4.79 Å². The van der Waals surface area contributed by atoms with Gasteiger partial charge in [0.25, 0.3) is 0 Å². The molecule has 1 aliphatic rings. The topological polar surface area (TPSA) is 64.0 Å². The first-order valence-electron chi connectivity index (χ1n) is 7.05. The van der Waals surface area contributed by atoms with Gasteiger partial charge in [0.05, 0.1) is 0 Å². The van der Waals surface area contributed by atoms with Crippen molar-refractivity contribution in [1.82, 2.24) is 14.9 Å². The molecule has 0 bridgehead atoms. The first-order chi connectivity index (χ1) is 9.58. The van der Waals surface area contributed by atoms with E-state index in [1.165, 1.54) is 0 Å². The van der Waals surface area contributed by atoms with E-state index in [2.05, 4.69) is 22.5 Å². The van der Waals surface area contributed by atoms with Crippen LogP contribution in [0.1, 0.15) is 30.7 Å². The Hall–Kier alpha value is -1.91. The number of hydrogen-bond acceptors (Lipinski definition) is 3. The molecule has 0 aromatic carbocycles. The molecule has 5 heteroatoms. The molecule has 5 nitrogen and oxygen atoms in total. The van der Waals surface area contributed by atoms with E-state index >= 15 is 0 Å². The minimum Gasteiger partial charge on any atom is -0.354 e. The molecule has 0 aliphatic heterocycles. The zero-order valence-corrected chi connectivity index (χ0v) is 12.1. The second kappa shape index (κ2) is 6.50. The van der Waals surface area contributed by atoms with E-state index in [9.17, 15) is 9.59 Å². The smallest absolute Gasteiger partial charge is 0.348 e. The third kappa shape index (κ3) is 3.56. The molecular weight excluding hydrogens is 254 g/mol. The van der Waals surface area contributed by atoms with Gasteiger partial charge in [-0.2, -0.15) is 4.98 Å². The highest BCUT2D eigenvalue weighted by Crippen LogP contribution is 2.17. The van der Waals surface area contributed by atoms with Crippen LogP contribution in [-0.4, -0.2) is 22.0 Å². The van der Waals surface area contributed by atoms with Crippen LogP contribution in [0.4, 0.5) is 0 Å². The third-order valence-electron chi connectivity index (χ3n) is 3.62. The predicted octanol–water partition coefficient (Wildman–Crippen LogP) is 1.33. The summed E-state index contributed by atoms with van der Waals surface area (Å²) in [7, 11) is 0. The van der Waals surface area contributed by atoms with Crippen molar-refractivity contribution in [2.24, 2.45) is 5.92 Å². The van der Waals surface area contributed by atoms with Crippen molar-refractivity contribution in [1.29, 1.82) is 0 Å². The molecule has 1 aromatic heterocycles. The molecule has 1 unspecified atom stereocenters. The fourth-order valence-electron chi connectivity index (χ4n) is 2.51. The summed E-state index contributed by atoms with van der Waals surface area (Å²) in [5.74, 6) is 0.161. The van der Waals surface area contributed by atoms with Crippen molar-refractivity contribution in [3.05, 3.63) is 40.1 Å². The van der Waals surface area contributed by atoms with Gasteiger partial charge in [-0.1, -0.05) is 12.2 Å². The molecule has 1 amide bonds. The summed E-state index contributed by atoms with van der Waals surface area (Å²) in [4.78, 5) is 27.6. The lowest BCUT2D eigenvalue weighted by atomic mass is 9.94. The van der Waals surface area contributed by atoms with E-state index in [0.717, 1.165) is 30.7 Å². The molecular formula is C15H21N3O2. The Labute approximate surface area is 118 Å². The van der Waals surface area contributed by atoms with E-state index in [0.29, 0.717) is 13.1 Å². The Morgan fingerprint density at radius 1 is 1.45 bits per heavy atom. The Morgan fingerprint density at radius 2 is 2.25 bits per heavy atom. The van der Waals surface area contributed by atoms with Crippen LogP contribution >= 0.6 is 0 Å². The van der Waals surface area contributed by atoms with Crippen molar-refractivity contribution < 1.29 is 4.79 Å². The van der Waals surface area contributed by atoms with Crippen molar-refractivity contribution >= 4 is 5.91 Å². The molecule has 1 N–H and O–H groups in total. The van der Waals surface area contributed by atoms with Crippen LogP contribution < -0.4 is 11.0 Å². The summed E-state index contributed by atoms with van der Waals surface area (Å²) in [5, 5.41) is 2.91. The second-order valence-corrected chi connectivity index (χ2v) is 5.25. The minimum atomic E-state index is -0.252. The Balaban J connectivity index is 1.88. The van der Waals surface area contributed by atoms with Crippen LogP contribution in [0.2, 0.25) is 0 Å². The average molecular weight is 275 g/mol. The molecule has 1 aliphatic carbocycles. The van der Waals surface area contributed by atoms with Crippen LogP contribution in [0.15, 0.2) is 23.0 Å². The lowest BCUT2D eigenvalue weighted by Crippen LogP contribution is -2.36. The SMILES string of the molecule is Cc1cc(C)n(CCNC(=O)C2CC=CCC2)c(=O)n1. The monoisotopic (exact) mass is 275 g/mol. The molecule has 1 heterocycles. The molecule has 0 spiro atoms. The summed E-state index contributed by atoms with van der Waals surface area (Å²) in [6.45, 7) is 4.61. The minimum absolute atomic E-state index is 0.0777. The summed E-state index contributed by atoms with van der Waals surface area (Å²) in [6, 6.07) is 1.87. The maximum Gasteiger partial charge on any atom is 0.348 e. The van der Waals surface area contributed by atoms with Crippen molar-refractivity contribution in [2.45, 2.75) is 39.7 Å². The van der Waals surface area contributed by atoms with Crippen LogP contribution in [0.5, 0.6) is 0 Å². The van der Waals surface area contributed by atoms with Crippen LogP contribution in [0.3, 0.4) is 0 Å². The van der Waals surface area contributed by atoms with Gasteiger partial charge in [0.2, 0.25) is 5.91 Å². The van der Waals surface area contributed by atoms with E-state index < -0.39 is 0 Å². The van der Waals surface area contributed by atoms with Crippen LogP contribution in [0.25, 0.3) is 0 Å². The molecule has 20 heavy (non-hydrogen) atoms. The van der Waals surface area contributed by atoms with E-state index in [4.69, 9.17) is 0 Å². The summed E-state index contributed by atoms with van der Waals surface area (Å²) >= 11 is 0. The first kappa shape index (κ1) is 14.5. The van der Waals surface area contributed by atoms with Crippen molar-refractivity contribution in [2.75, 3.05) is 6.54 Å². The number of nitrogens with one attached hydrogen (secondary N) is 1. The molecule has 1 atom stereocenters. The van der Waals surface area contributed by atoms with Gasteiger partial charge in [-0.15, -0.1) is 0 Å². The van der Waals surface area contributed by atoms with E-state index in [1.54, 1.807) is 11.5 Å². The van der Waals surface area contributed by atoms with Gasteiger partial charge < -0.3 is 5.32 Å². The third-order valence-corrected chi connectivity index (χ3v) is 3.62. The standard InChI is InChI=1S/C15H21N3O2/c1-11-10-12(2)18(15(20)17-11)9-8-16-14(19)13-6-4-3-5-7-13/h3-4,10,13H,5-9H2,1-2H3,(H,16,19). The zero-order chi connectivity index (χ0) is 14.5. The number of aryl methyl sites for hydroxylation is 2. The van der Waals surface area contributed by atoms with Crippen molar-refractivity contribution in [3.8, 4) is 0 Å². The summed E-state index contributed by atoms with van der Waals surface area (Å²) in [5.41, 5.74) is 1.34. The Bertz CT molecular complexity index is 575. The maximum absolute atomic E-state index is 12.0. The first-order valence-corrected chi connectivity index (χ1v) is 7.05. The van der Waals surface area contributed by atoms with Crippen LogP contribution in [-0.2, 0) is 11.3 Å². The van der Waals surface area contributed by atoms with Gasteiger partial charge in [0, 0.05) is 30.4 Å². The predicted molar refractivity (Wildman–Crippen MR) is 77.5 cm³/mol. The average Bonchev–Trinajstić information content (AvgIpc) is 2.42. The Kier molecular flexibility index (Phi) is 4.71. The number of hydrogen-bond donors (Lipinski definition) is 1. The highest BCUT2D eigenvalue weighted by Gasteiger charge is 2.17. The largest absolute Gasteiger partial charge is 0.354 e. The van der Waals surface area contributed by atoms with Crippen LogP contribution in [0, 0.1) is 19.8 Å². The quantitative estimate of drug-likeness (QED) is 0.843. The lowest BCUT2D eigenvalue weighted by molar-refractivity contribution is -0.125. The number of carbonyl (C=O) groups is 1. The zero-order valence-electron chi connectivity index (χ0n) is 12.1. The molecule has 0 radical (unpaired) electrons. The number of allylic oxidation sites excluding steroid dienone is 2. The number of carbonyl (C=O) groups excluding carboxylic acids is 1. The normalized spacial score (nSPS) is 18.0. The number of nitrogens with zero attached hydrogens (tertiary/aromatic N) is 2. The summed E-state index contributed by atoms with van der Waals surface area (Å²) < 4.78 is 1.59. The maximum atomic E-state index is 12.0. The highest BCUT2D eigenvalue weighted by atomic mass is 16.2. The van der Waals surface area contributed by atoms with Gasteiger partial charge in [0.1, 0.15) is 0 Å². The van der Waals surface area contributed by atoms with E-state index in [1.807, 2.05) is 13.0 Å². The second-order valence-electron chi connectivity index (χ2n) is 5.25. The molecule has 0 saturated carbocycles. The van der Waals surface area contributed by atoms with Crippen molar-refractivity contribution in [3.63, 3.8) is 0 Å². The van der Waals surface area contributed by atoms with Gasteiger partial charge >= 0.3 is 5.69 Å². The van der Waals surface area contributed by atoms with Gasteiger partial charge in [0.15, 0.2) is 0 Å². The number of amides is 1. The van der Waals surface area contributed by atoms with Gasteiger partial charge in [-0.05, 0) is 39.2 Å². The molecule has 108 valence electrons. The molecule has 1 aromatic rings. The molecule has 2 rings (SSSR count). The molecule has 0 saturated heterocycles. The lowest BCUT2D eigenvalue weighted by Gasteiger charge is -2.17. The summed E-state index contributed by atoms with van der Waals surface area (Å²) in [6.07, 6.45) is 6.87. The fraction of sp³-hybridized carbons (Fsp3) is 0.533. The number of rotatable bonds is 4. The molecule has 0 fully saturated rings. The highest BCUT2D eigenvalue weighted by molar-refractivity contribution is 5.78. The van der Waals surface area contributed by atoms with E-state index in [-0.39, 0.29) is 17.5 Å². The number of aromatic nitrogens is 2. The Morgan fingerprint density at radius 3 is 2.90 bits per heavy atom. The van der Waals surface area contributed by atoms with Gasteiger partial charge in [-0.3, -0.25) is 9.36 Å².